The fourth-order valence-corrected chi connectivity index (χ4v) is 2.44. The van der Waals surface area contributed by atoms with Gasteiger partial charge in [-0.25, -0.2) is 4.98 Å². The lowest BCUT2D eigenvalue weighted by molar-refractivity contribution is -0.124. The van der Waals surface area contributed by atoms with Crippen molar-refractivity contribution in [1.82, 2.24) is 15.8 Å². The highest BCUT2D eigenvalue weighted by Crippen LogP contribution is 2.36. The fourth-order valence-electron chi connectivity index (χ4n) is 1.24. The molecule has 128 valence electrons. The highest BCUT2D eigenvalue weighted by molar-refractivity contribution is 6.74. The van der Waals surface area contributed by atoms with Crippen molar-refractivity contribution in [3.63, 3.8) is 0 Å². The van der Waals surface area contributed by atoms with E-state index in [9.17, 15) is 9.59 Å². The van der Waals surface area contributed by atoms with Crippen LogP contribution in [0.1, 0.15) is 31.1 Å². The molecule has 0 aliphatic heterocycles. The van der Waals surface area contributed by atoms with Gasteiger partial charge in [-0.2, -0.15) is 0 Å². The van der Waals surface area contributed by atoms with Crippen LogP contribution in [0, 0.1) is 0 Å². The quantitative estimate of drug-likeness (QED) is 0.479. The Morgan fingerprint density at radius 3 is 2.39 bits per heavy atom. The van der Waals surface area contributed by atoms with Crippen molar-refractivity contribution in [3.8, 4) is 0 Å². The Balaban J connectivity index is 2.50. The molecule has 0 fully saturated rings. The highest BCUT2D eigenvalue weighted by atomic mass is 35.5. The van der Waals surface area contributed by atoms with E-state index in [1.54, 1.807) is 0 Å². The zero-order chi connectivity index (χ0) is 17.8. The first-order valence-corrected chi connectivity index (χ1v) is 10.6. The molecule has 0 aliphatic carbocycles. The minimum absolute atomic E-state index is 0.00224. The number of pyridine rings is 1. The first-order chi connectivity index (χ1) is 10.4. The second-order valence-electron chi connectivity index (χ2n) is 6.55. The summed E-state index contributed by atoms with van der Waals surface area (Å²) in [5, 5.41) is 0.268. The fraction of sp³-hybridized carbons (Fsp3) is 0.500. The number of nitrogens with one attached hydrogen (secondary N) is 2. The van der Waals surface area contributed by atoms with Crippen molar-refractivity contribution in [2.45, 2.75) is 38.9 Å². The maximum absolute atomic E-state index is 11.9. The van der Waals surface area contributed by atoms with E-state index in [0.29, 0.717) is 0 Å². The Bertz CT molecular complexity index is 603. The molecule has 0 aromatic carbocycles. The molecule has 0 unspecified atom stereocenters. The van der Waals surface area contributed by atoms with Gasteiger partial charge < -0.3 is 4.43 Å². The molecule has 0 spiro atoms. The van der Waals surface area contributed by atoms with Crippen LogP contribution in [0.2, 0.25) is 28.3 Å². The third kappa shape index (κ3) is 5.76. The second-order valence-corrected chi connectivity index (χ2v) is 12.1. The molecule has 1 aromatic rings. The summed E-state index contributed by atoms with van der Waals surface area (Å²) in [5.74, 6) is -0.979. The van der Waals surface area contributed by atoms with Gasteiger partial charge in [0, 0.05) is 6.20 Å². The smallest absolute Gasteiger partial charge is 0.271 e. The van der Waals surface area contributed by atoms with Crippen molar-refractivity contribution >= 4 is 43.3 Å². The van der Waals surface area contributed by atoms with Crippen molar-refractivity contribution in [2.75, 3.05) is 6.61 Å². The number of carbonyl (C=O) groups excluding carboxylic acids is 2. The van der Waals surface area contributed by atoms with Crippen LogP contribution in [-0.4, -0.2) is 31.7 Å². The van der Waals surface area contributed by atoms with Crippen LogP contribution in [0.15, 0.2) is 12.3 Å². The lowest BCUT2D eigenvalue weighted by Gasteiger charge is -2.35. The van der Waals surface area contributed by atoms with E-state index in [0.717, 1.165) is 0 Å². The molecule has 0 atom stereocenters. The number of aromatic nitrogens is 1. The normalized spacial score (nSPS) is 12.0. The van der Waals surface area contributed by atoms with E-state index in [-0.39, 0.29) is 27.4 Å². The van der Waals surface area contributed by atoms with Crippen LogP contribution in [0.5, 0.6) is 0 Å². The van der Waals surface area contributed by atoms with Gasteiger partial charge in [0.2, 0.25) is 0 Å². The average molecular weight is 378 g/mol. The molecule has 6 nitrogen and oxygen atoms in total. The Kier molecular flexibility index (Phi) is 6.58. The summed E-state index contributed by atoms with van der Waals surface area (Å²) < 4.78 is 5.75. The number of rotatable bonds is 4. The molecule has 0 radical (unpaired) electrons. The third-order valence-electron chi connectivity index (χ3n) is 3.74. The van der Waals surface area contributed by atoms with Crippen molar-refractivity contribution in [1.29, 1.82) is 0 Å². The molecule has 2 N–H and O–H groups in total. The van der Waals surface area contributed by atoms with Gasteiger partial charge in [0.15, 0.2) is 8.32 Å². The molecular formula is C14H21Cl2N3O3Si. The molecule has 9 heteroatoms. The van der Waals surface area contributed by atoms with Crippen LogP contribution in [0.4, 0.5) is 0 Å². The van der Waals surface area contributed by atoms with E-state index in [1.807, 2.05) is 13.1 Å². The summed E-state index contributed by atoms with van der Waals surface area (Å²) in [6, 6.07) is 1.37. The maximum atomic E-state index is 11.9. The van der Waals surface area contributed by atoms with Crippen LogP contribution < -0.4 is 10.9 Å². The predicted molar refractivity (Wildman–Crippen MR) is 93.0 cm³/mol. The van der Waals surface area contributed by atoms with Crippen LogP contribution in [-0.2, 0) is 9.22 Å². The van der Waals surface area contributed by atoms with Gasteiger partial charge in [-0.1, -0.05) is 44.0 Å². The largest absolute Gasteiger partial charge is 0.407 e. The van der Waals surface area contributed by atoms with Crippen LogP contribution in [0.25, 0.3) is 0 Å². The molecular weight excluding hydrogens is 357 g/mol. The van der Waals surface area contributed by atoms with Crippen LogP contribution >= 0.6 is 23.2 Å². The van der Waals surface area contributed by atoms with Crippen LogP contribution in [0.3, 0.4) is 0 Å². The maximum Gasteiger partial charge on any atom is 0.271 e. The molecule has 0 saturated carbocycles. The van der Waals surface area contributed by atoms with E-state index in [2.05, 4.69) is 36.6 Å². The minimum atomic E-state index is -2.02. The van der Waals surface area contributed by atoms with E-state index < -0.39 is 20.1 Å². The van der Waals surface area contributed by atoms with Gasteiger partial charge >= 0.3 is 0 Å². The first kappa shape index (κ1) is 19.9. The van der Waals surface area contributed by atoms with Crippen molar-refractivity contribution in [2.24, 2.45) is 0 Å². The van der Waals surface area contributed by atoms with Gasteiger partial charge in [0.1, 0.15) is 11.8 Å². The predicted octanol–water partition coefficient (Wildman–Crippen LogP) is 3.17. The SMILES string of the molecule is CC(C)(C)[Si](C)(C)OCC(=O)NNC(=O)c1cnc(Cl)c(Cl)c1. The Morgan fingerprint density at radius 1 is 1.26 bits per heavy atom. The molecule has 1 rings (SSSR count). The topological polar surface area (TPSA) is 80.3 Å². The lowest BCUT2D eigenvalue weighted by Crippen LogP contribution is -2.47. The molecule has 2 amide bonds. The minimum Gasteiger partial charge on any atom is -0.407 e. The lowest BCUT2D eigenvalue weighted by atomic mass is 10.2. The highest BCUT2D eigenvalue weighted by Gasteiger charge is 2.37. The molecule has 23 heavy (non-hydrogen) atoms. The van der Waals surface area contributed by atoms with Gasteiger partial charge in [-0.15, -0.1) is 0 Å². The number of hydrogen-bond donors (Lipinski definition) is 2. The first-order valence-electron chi connectivity index (χ1n) is 6.98. The number of halogens is 2. The van der Waals surface area contributed by atoms with Gasteiger partial charge in [-0.3, -0.25) is 20.4 Å². The van der Waals surface area contributed by atoms with Gasteiger partial charge in [0.05, 0.1) is 10.6 Å². The van der Waals surface area contributed by atoms with Gasteiger partial charge in [-0.05, 0) is 24.2 Å². The summed E-state index contributed by atoms with van der Waals surface area (Å²) in [6.45, 7) is 10.2. The molecule has 1 aromatic heterocycles. The number of hydrogen-bond acceptors (Lipinski definition) is 4. The molecule has 1 heterocycles. The molecule has 0 aliphatic rings. The standard InChI is InChI=1S/C14H21Cl2N3O3Si/c1-14(2,3)23(4,5)22-8-11(20)18-19-13(21)9-6-10(15)12(16)17-7-9/h6-7H,8H2,1-5H3,(H,18,20)(H,19,21). The molecule has 0 bridgehead atoms. The summed E-state index contributed by atoms with van der Waals surface area (Å²) in [5.41, 5.74) is 4.75. The summed E-state index contributed by atoms with van der Waals surface area (Å²) in [6.07, 6.45) is 1.27. The van der Waals surface area contributed by atoms with E-state index >= 15 is 0 Å². The van der Waals surface area contributed by atoms with Crippen molar-refractivity contribution < 1.29 is 14.0 Å². The zero-order valence-electron chi connectivity index (χ0n) is 13.8. The summed E-state index contributed by atoms with van der Waals surface area (Å²) >= 11 is 11.5. The zero-order valence-corrected chi connectivity index (χ0v) is 16.3. The number of hydrazine groups is 1. The Labute approximate surface area is 147 Å². The number of carbonyl (C=O) groups is 2. The van der Waals surface area contributed by atoms with Crippen molar-refractivity contribution in [3.05, 3.63) is 28.0 Å². The molecule has 0 saturated heterocycles. The van der Waals surface area contributed by atoms with E-state index in [1.165, 1.54) is 12.3 Å². The Hall–Kier alpha value is -1.15. The average Bonchev–Trinajstić information content (AvgIpc) is 2.44. The second kappa shape index (κ2) is 7.61. The third-order valence-corrected chi connectivity index (χ3v) is 8.91. The number of nitrogens with zero attached hydrogens (tertiary/aromatic N) is 1. The monoisotopic (exact) mass is 377 g/mol. The van der Waals surface area contributed by atoms with E-state index in [4.69, 9.17) is 27.6 Å². The summed E-state index contributed by atoms with van der Waals surface area (Å²) in [4.78, 5) is 27.4. The Morgan fingerprint density at radius 2 is 1.87 bits per heavy atom. The number of amides is 2. The van der Waals surface area contributed by atoms with Gasteiger partial charge in [0.25, 0.3) is 11.8 Å². The summed E-state index contributed by atoms with van der Waals surface area (Å²) in [7, 11) is -2.02.